The first-order valence-corrected chi connectivity index (χ1v) is 7.37. The Kier molecular flexibility index (Phi) is 5.65. The van der Waals surface area contributed by atoms with Gasteiger partial charge in [0.05, 0.1) is 23.6 Å². The number of aliphatic carboxylic acids is 1. The Hall–Kier alpha value is -3.01. The summed E-state index contributed by atoms with van der Waals surface area (Å²) in [6.07, 6.45) is -2.59. The Morgan fingerprint density at radius 3 is 2.48 bits per heavy atom. The van der Waals surface area contributed by atoms with Gasteiger partial charge in [-0.2, -0.15) is 0 Å². The van der Waals surface area contributed by atoms with Crippen LogP contribution in [-0.4, -0.2) is 56.6 Å². The number of nitro groups is 1. The number of carboxylic acid groups (broad SMARTS) is 1. The van der Waals surface area contributed by atoms with Gasteiger partial charge in [-0.05, 0) is 17.7 Å². The van der Waals surface area contributed by atoms with Gasteiger partial charge in [0.25, 0.3) is 5.69 Å². The summed E-state index contributed by atoms with van der Waals surface area (Å²) in [4.78, 5) is 45.7. The minimum atomic E-state index is -1.31. The molecule has 0 aliphatic carbocycles. The average molecular weight is 352 g/mol. The number of non-ortho nitro benzene ring substituents is 1. The highest BCUT2D eigenvalue weighted by atomic mass is 16.6. The molecule has 0 aromatic heterocycles. The zero-order valence-corrected chi connectivity index (χ0v) is 13.0. The minimum absolute atomic E-state index is 0.0429. The fourth-order valence-electron chi connectivity index (χ4n) is 2.53. The van der Waals surface area contributed by atoms with Crippen LogP contribution >= 0.6 is 0 Å². The van der Waals surface area contributed by atoms with E-state index >= 15 is 0 Å². The van der Waals surface area contributed by atoms with Crippen LogP contribution in [0.5, 0.6) is 0 Å². The number of nitrogens with zero attached hydrogens (tertiary/aromatic N) is 2. The van der Waals surface area contributed by atoms with Crippen molar-refractivity contribution >= 4 is 23.5 Å². The van der Waals surface area contributed by atoms with Crippen LogP contribution in [-0.2, 0) is 20.9 Å². The van der Waals surface area contributed by atoms with Gasteiger partial charge in [0.1, 0.15) is 13.0 Å². The lowest BCUT2D eigenvalue weighted by atomic mass is 10.1. The quantitative estimate of drug-likeness (QED) is 0.432. The van der Waals surface area contributed by atoms with Gasteiger partial charge < -0.3 is 14.9 Å². The molecule has 1 aromatic rings. The molecule has 1 aromatic carbocycles. The number of hydrogen-bond donors (Lipinski definition) is 2. The van der Waals surface area contributed by atoms with Crippen molar-refractivity contribution in [1.82, 2.24) is 4.90 Å². The van der Waals surface area contributed by atoms with Crippen molar-refractivity contribution in [2.45, 2.75) is 31.6 Å². The summed E-state index contributed by atoms with van der Waals surface area (Å²) >= 11 is 0. The van der Waals surface area contributed by atoms with Crippen molar-refractivity contribution in [2.75, 3.05) is 6.54 Å². The number of rotatable bonds is 6. The maximum atomic E-state index is 12.1. The molecular weight excluding hydrogens is 336 g/mol. The molecule has 0 spiro atoms. The van der Waals surface area contributed by atoms with Crippen molar-refractivity contribution in [3.63, 3.8) is 0 Å². The van der Waals surface area contributed by atoms with Gasteiger partial charge in [-0.25, -0.2) is 4.79 Å². The maximum absolute atomic E-state index is 12.1. The highest BCUT2D eigenvalue weighted by molar-refractivity contribution is 5.99. The number of hydrogen-bond acceptors (Lipinski definition) is 7. The molecule has 134 valence electrons. The predicted molar refractivity (Wildman–Crippen MR) is 81.7 cm³/mol. The lowest BCUT2D eigenvalue weighted by Crippen LogP contribution is -2.41. The van der Waals surface area contributed by atoms with Crippen LogP contribution in [0.2, 0.25) is 0 Å². The number of Topliss-reactive ketones (excluding diaryl/α,β-unsaturated/α-hetero) is 1. The summed E-state index contributed by atoms with van der Waals surface area (Å²) in [5.74, 6) is -2.00. The van der Waals surface area contributed by atoms with Crippen LogP contribution in [0, 0.1) is 10.1 Å². The molecule has 0 bridgehead atoms. The molecule has 1 amide bonds. The van der Waals surface area contributed by atoms with Crippen molar-refractivity contribution in [3.05, 3.63) is 39.9 Å². The third-order valence-corrected chi connectivity index (χ3v) is 3.72. The number of aliphatic hydroxyl groups is 1. The number of benzene rings is 1. The fourth-order valence-corrected chi connectivity index (χ4v) is 2.53. The zero-order valence-electron chi connectivity index (χ0n) is 13.0. The Balaban J connectivity index is 1.97. The van der Waals surface area contributed by atoms with Gasteiger partial charge >= 0.3 is 12.1 Å². The van der Waals surface area contributed by atoms with Gasteiger partial charge in [0.2, 0.25) is 0 Å². The van der Waals surface area contributed by atoms with Crippen molar-refractivity contribution in [3.8, 4) is 0 Å². The van der Waals surface area contributed by atoms with Gasteiger partial charge in [0.15, 0.2) is 5.78 Å². The molecule has 2 rings (SSSR count). The smallest absolute Gasteiger partial charge is 0.410 e. The van der Waals surface area contributed by atoms with Crippen LogP contribution < -0.4 is 0 Å². The molecule has 1 heterocycles. The monoisotopic (exact) mass is 352 g/mol. The number of carbonyl (C=O) groups is 3. The summed E-state index contributed by atoms with van der Waals surface area (Å²) in [5, 5.41) is 28.9. The average Bonchev–Trinajstić information content (AvgIpc) is 2.94. The lowest BCUT2D eigenvalue weighted by Gasteiger charge is -2.22. The maximum Gasteiger partial charge on any atom is 0.410 e. The Morgan fingerprint density at radius 2 is 1.92 bits per heavy atom. The standard InChI is InChI=1S/C15H16N2O8/c18-11-5-12(13(19)6-14(20)21)16(7-11)15(22)25-8-9-1-3-10(4-2-9)17(23)24/h1-4,11-12,18H,5-8H2,(H,20,21)/t11-,12+/m1/s1. The van der Waals surface area contributed by atoms with E-state index < -0.39 is 41.3 Å². The molecule has 2 N–H and O–H groups in total. The number of carbonyl (C=O) groups excluding carboxylic acids is 2. The van der Waals surface area contributed by atoms with Crippen LogP contribution in [0.25, 0.3) is 0 Å². The summed E-state index contributed by atoms with van der Waals surface area (Å²) in [6, 6.07) is 4.34. The number of carboxylic acids is 1. The van der Waals surface area contributed by atoms with Gasteiger partial charge in [-0.15, -0.1) is 0 Å². The first-order chi connectivity index (χ1) is 11.8. The second-order valence-electron chi connectivity index (χ2n) is 5.57. The van der Waals surface area contributed by atoms with E-state index in [1.165, 1.54) is 24.3 Å². The molecule has 0 radical (unpaired) electrons. The van der Waals surface area contributed by atoms with E-state index in [4.69, 9.17) is 9.84 Å². The highest BCUT2D eigenvalue weighted by Gasteiger charge is 2.40. The van der Waals surface area contributed by atoms with Crippen molar-refractivity contribution in [2.24, 2.45) is 0 Å². The molecule has 0 unspecified atom stereocenters. The molecule has 1 saturated heterocycles. The predicted octanol–water partition coefficient (Wildman–Crippen LogP) is 0.710. The van der Waals surface area contributed by atoms with E-state index in [1.54, 1.807) is 0 Å². The number of aliphatic hydroxyl groups excluding tert-OH is 1. The van der Waals surface area contributed by atoms with Gasteiger partial charge in [0, 0.05) is 18.6 Å². The largest absolute Gasteiger partial charge is 0.481 e. The summed E-state index contributed by atoms with van der Waals surface area (Å²) in [6.45, 7) is -0.307. The second kappa shape index (κ2) is 7.71. The third-order valence-electron chi connectivity index (χ3n) is 3.72. The van der Waals surface area contributed by atoms with E-state index in [9.17, 15) is 29.6 Å². The number of amides is 1. The lowest BCUT2D eigenvalue weighted by molar-refractivity contribution is -0.384. The molecular formula is C15H16N2O8. The second-order valence-corrected chi connectivity index (χ2v) is 5.57. The molecule has 25 heavy (non-hydrogen) atoms. The van der Waals surface area contributed by atoms with Gasteiger partial charge in [-0.3, -0.25) is 24.6 Å². The molecule has 0 saturated carbocycles. The van der Waals surface area contributed by atoms with E-state index in [1.807, 2.05) is 0 Å². The molecule has 1 fully saturated rings. The van der Waals surface area contributed by atoms with E-state index in [0.29, 0.717) is 5.56 Å². The van der Waals surface area contributed by atoms with Crippen molar-refractivity contribution in [1.29, 1.82) is 0 Å². The third kappa shape index (κ3) is 4.73. The minimum Gasteiger partial charge on any atom is -0.481 e. The summed E-state index contributed by atoms with van der Waals surface area (Å²) in [7, 11) is 0. The molecule has 2 atom stereocenters. The number of ether oxygens (including phenoxy) is 1. The summed E-state index contributed by atoms with van der Waals surface area (Å²) in [5.41, 5.74) is 0.407. The zero-order chi connectivity index (χ0) is 18.6. The molecule has 1 aliphatic heterocycles. The van der Waals surface area contributed by atoms with Crippen molar-refractivity contribution < 1.29 is 34.3 Å². The van der Waals surface area contributed by atoms with Crippen LogP contribution in [0.3, 0.4) is 0 Å². The fraction of sp³-hybridized carbons (Fsp3) is 0.400. The Bertz CT molecular complexity index is 687. The van der Waals surface area contributed by atoms with Gasteiger partial charge in [-0.1, -0.05) is 0 Å². The molecule has 10 nitrogen and oxygen atoms in total. The topological polar surface area (TPSA) is 147 Å². The Labute approximate surface area is 141 Å². The number of nitro benzene ring substituents is 1. The van der Waals surface area contributed by atoms with E-state index in [0.717, 1.165) is 4.90 Å². The number of β-amino-alcohol motifs (C(OH)–C–C–N with tert-alkyl or cyclic N) is 1. The van der Waals surface area contributed by atoms with Crippen LogP contribution in [0.1, 0.15) is 18.4 Å². The first kappa shape index (κ1) is 18.3. The SMILES string of the molecule is O=C(O)CC(=O)[C@@H]1C[C@@H](O)CN1C(=O)OCc1ccc([N+](=O)[O-])cc1. The van der Waals surface area contributed by atoms with E-state index in [2.05, 4.69) is 0 Å². The first-order valence-electron chi connectivity index (χ1n) is 7.37. The molecule has 1 aliphatic rings. The number of ketones is 1. The van der Waals surface area contributed by atoms with Crippen LogP contribution in [0.4, 0.5) is 10.5 Å². The highest BCUT2D eigenvalue weighted by Crippen LogP contribution is 2.21. The molecule has 10 heteroatoms. The number of likely N-dealkylation sites (tertiary alicyclic amines) is 1. The Morgan fingerprint density at radius 1 is 1.28 bits per heavy atom. The normalized spacial score (nSPS) is 19.5. The summed E-state index contributed by atoms with van der Waals surface area (Å²) < 4.78 is 5.05. The van der Waals surface area contributed by atoms with Crippen LogP contribution in [0.15, 0.2) is 24.3 Å². The van der Waals surface area contributed by atoms with E-state index in [-0.39, 0.29) is 25.3 Å².